The highest BCUT2D eigenvalue weighted by Crippen LogP contribution is 2.09. The van der Waals surface area contributed by atoms with Gasteiger partial charge in [-0.3, -0.25) is 0 Å². The summed E-state index contributed by atoms with van der Waals surface area (Å²) in [4.78, 5) is 12.6. The Morgan fingerprint density at radius 3 is 2.55 bits per heavy atom. The zero-order valence-corrected chi connectivity index (χ0v) is 6.62. The van der Waals surface area contributed by atoms with Crippen LogP contribution in [0.15, 0.2) is 0 Å². The summed E-state index contributed by atoms with van der Waals surface area (Å²) >= 11 is 0. The van der Waals surface area contributed by atoms with Crippen molar-refractivity contribution >= 4 is 6.09 Å². The molecule has 0 aromatic heterocycles. The lowest BCUT2D eigenvalue weighted by atomic mass is 10.4. The van der Waals surface area contributed by atoms with E-state index in [4.69, 9.17) is 5.11 Å². The fourth-order valence-electron chi connectivity index (χ4n) is 1.12. The van der Waals surface area contributed by atoms with Crippen molar-refractivity contribution in [2.45, 2.75) is 26.1 Å². The van der Waals surface area contributed by atoms with Gasteiger partial charge in [0, 0.05) is 13.1 Å². The Hall–Kier alpha value is -0.770. The topological polar surface area (TPSA) is 49.8 Å². The summed E-state index contributed by atoms with van der Waals surface area (Å²) in [7, 11) is 0. The molecule has 0 radical (unpaired) electrons. The standard InChI is InChI=1S/C7H13NO3/c1-6(9)11-7(10)8-4-2-3-5-8/h6,9H,2-5H2,1H3/t6-/m1/s1. The number of carbonyl (C=O) groups excluding carboxylic acids is 1. The van der Waals surface area contributed by atoms with E-state index in [0.717, 1.165) is 25.9 Å². The van der Waals surface area contributed by atoms with Gasteiger partial charge in [-0.15, -0.1) is 0 Å². The number of rotatable bonds is 1. The van der Waals surface area contributed by atoms with Gasteiger partial charge in [0.2, 0.25) is 0 Å². The Morgan fingerprint density at radius 1 is 1.55 bits per heavy atom. The van der Waals surface area contributed by atoms with Gasteiger partial charge in [-0.05, 0) is 19.8 Å². The molecule has 0 aromatic carbocycles. The van der Waals surface area contributed by atoms with E-state index >= 15 is 0 Å². The van der Waals surface area contributed by atoms with Crippen LogP contribution in [0.4, 0.5) is 4.79 Å². The van der Waals surface area contributed by atoms with E-state index in [1.807, 2.05) is 0 Å². The predicted octanol–water partition coefficient (Wildman–Crippen LogP) is 0.557. The highest BCUT2D eigenvalue weighted by atomic mass is 16.6. The Kier molecular flexibility index (Phi) is 2.70. The molecular formula is C7H13NO3. The molecule has 1 fully saturated rings. The molecule has 0 bridgehead atoms. The zero-order valence-electron chi connectivity index (χ0n) is 6.62. The predicted molar refractivity (Wildman–Crippen MR) is 39.0 cm³/mol. The summed E-state index contributed by atoms with van der Waals surface area (Å²) in [6.45, 7) is 2.94. The van der Waals surface area contributed by atoms with Crippen molar-refractivity contribution in [3.63, 3.8) is 0 Å². The maximum absolute atomic E-state index is 11.0. The number of likely N-dealkylation sites (tertiary alicyclic amines) is 1. The number of carbonyl (C=O) groups is 1. The lowest BCUT2D eigenvalue weighted by Gasteiger charge is -2.15. The quantitative estimate of drug-likeness (QED) is 0.568. The van der Waals surface area contributed by atoms with Crippen LogP contribution in [0.25, 0.3) is 0 Å². The third kappa shape index (κ3) is 2.38. The summed E-state index contributed by atoms with van der Waals surface area (Å²) in [5.41, 5.74) is 0. The van der Waals surface area contributed by atoms with Gasteiger partial charge in [0.1, 0.15) is 0 Å². The number of ether oxygens (including phenoxy) is 1. The van der Waals surface area contributed by atoms with E-state index in [1.54, 1.807) is 4.90 Å². The first-order valence-corrected chi connectivity index (χ1v) is 3.84. The van der Waals surface area contributed by atoms with Crippen molar-refractivity contribution in [2.75, 3.05) is 13.1 Å². The van der Waals surface area contributed by atoms with Crippen LogP contribution in [0.5, 0.6) is 0 Å². The van der Waals surface area contributed by atoms with Gasteiger partial charge in [0.25, 0.3) is 0 Å². The Labute approximate surface area is 65.8 Å². The van der Waals surface area contributed by atoms with Crippen LogP contribution in [0.1, 0.15) is 19.8 Å². The minimum absolute atomic E-state index is 0.405. The Bertz CT molecular complexity index is 141. The molecule has 0 aliphatic carbocycles. The van der Waals surface area contributed by atoms with E-state index in [9.17, 15) is 4.79 Å². The number of aliphatic hydroxyl groups excluding tert-OH is 1. The number of amides is 1. The van der Waals surface area contributed by atoms with Crippen molar-refractivity contribution in [1.29, 1.82) is 0 Å². The maximum Gasteiger partial charge on any atom is 0.412 e. The molecule has 1 heterocycles. The first-order valence-electron chi connectivity index (χ1n) is 3.84. The third-order valence-electron chi connectivity index (χ3n) is 1.64. The van der Waals surface area contributed by atoms with Gasteiger partial charge < -0.3 is 14.7 Å². The van der Waals surface area contributed by atoms with E-state index in [1.165, 1.54) is 6.92 Å². The second-order valence-electron chi connectivity index (χ2n) is 2.68. The van der Waals surface area contributed by atoms with E-state index in [-0.39, 0.29) is 0 Å². The minimum Gasteiger partial charge on any atom is -0.420 e. The van der Waals surface area contributed by atoms with E-state index in [0.29, 0.717) is 0 Å². The van der Waals surface area contributed by atoms with Gasteiger partial charge in [0.05, 0.1) is 0 Å². The maximum atomic E-state index is 11.0. The molecule has 1 atom stereocenters. The molecule has 64 valence electrons. The van der Waals surface area contributed by atoms with E-state index in [2.05, 4.69) is 4.74 Å². The average molecular weight is 159 g/mol. The fraction of sp³-hybridized carbons (Fsp3) is 0.857. The van der Waals surface area contributed by atoms with Crippen molar-refractivity contribution in [3.8, 4) is 0 Å². The van der Waals surface area contributed by atoms with Crippen molar-refractivity contribution in [2.24, 2.45) is 0 Å². The molecule has 0 spiro atoms. The van der Waals surface area contributed by atoms with Crippen molar-refractivity contribution < 1.29 is 14.6 Å². The van der Waals surface area contributed by atoms with Crippen LogP contribution in [0.2, 0.25) is 0 Å². The molecule has 1 rings (SSSR count). The molecule has 0 unspecified atom stereocenters. The molecule has 0 saturated carbocycles. The van der Waals surface area contributed by atoms with Crippen molar-refractivity contribution in [3.05, 3.63) is 0 Å². The van der Waals surface area contributed by atoms with Crippen LogP contribution >= 0.6 is 0 Å². The second-order valence-corrected chi connectivity index (χ2v) is 2.68. The summed E-state index contributed by atoms with van der Waals surface area (Å²) in [6, 6.07) is 0. The van der Waals surface area contributed by atoms with Crippen LogP contribution in [0.3, 0.4) is 0 Å². The molecule has 4 heteroatoms. The van der Waals surface area contributed by atoms with Crippen molar-refractivity contribution in [1.82, 2.24) is 4.90 Å². The average Bonchev–Trinajstić information content (AvgIpc) is 2.35. The number of hydrogen-bond acceptors (Lipinski definition) is 3. The van der Waals surface area contributed by atoms with Gasteiger partial charge in [-0.25, -0.2) is 4.79 Å². The third-order valence-corrected chi connectivity index (χ3v) is 1.64. The van der Waals surface area contributed by atoms with Gasteiger partial charge in [0.15, 0.2) is 6.29 Å². The van der Waals surface area contributed by atoms with Gasteiger partial charge in [-0.2, -0.15) is 0 Å². The van der Waals surface area contributed by atoms with Crippen LogP contribution in [-0.2, 0) is 4.74 Å². The highest BCUT2D eigenvalue weighted by Gasteiger charge is 2.19. The van der Waals surface area contributed by atoms with Gasteiger partial charge in [-0.1, -0.05) is 0 Å². The number of hydrogen-bond donors (Lipinski definition) is 1. The molecule has 1 saturated heterocycles. The van der Waals surface area contributed by atoms with Crippen LogP contribution in [0, 0.1) is 0 Å². The summed E-state index contributed by atoms with van der Waals surface area (Å²) in [5, 5.41) is 8.71. The lowest BCUT2D eigenvalue weighted by molar-refractivity contribution is -0.0487. The second kappa shape index (κ2) is 3.57. The van der Waals surface area contributed by atoms with Crippen LogP contribution in [-0.4, -0.2) is 35.5 Å². The molecule has 1 N–H and O–H groups in total. The molecule has 1 aliphatic rings. The smallest absolute Gasteiger partial charge is 0.412 e. The molecule has 11 heavy (non-hydrogen) atoms. The minimum atomic E-state index is -0.997. The molecule has 1 amide bonds. The fourth-order valence-corrected chi connectivity index (χ4v) is 1.12. The largest absolute Gasteiger partial charge is 0.420 e. The first kappa shape index (κ1) is 8.33. The first-order chi connectivity index (χ1) is 5.20. The normalized spacial score (nSPS) is 20.0. The number of nitrogens with zero attached hydrogens (tertiary/aromatic N) is 1. The SMILES string of the molecule is C[C@H](O)OC(=O)N1CCCC1. The highest BCUT2D eigenvalue weighted by molar-refractivity contribution is 5.67. The Morgan fingerprint density at radius 2 is 2.09 bits per heavy atom. The summed E-state index contributed by atoms with van der Waals surface area (Å²) in [6.07, 6.45) is 0.671. The molecule has 4 nitrogen and oxygen atoms in total. The summed E-state index contributed by atoms with van der Waals surface area (Å²) < 4.78 is 4.58. The number of aliphatic hydroxyl groups is 1. The van der Waals surface area contributed by atoms with Crippen LogP contribution < -0.4 is 0 Å². The lowest BCUT2D eigenvalue weighted by Crippen LogP contribution is -2.30. The molecule has 1 aliphatic heterocycles. The summed E-state index contributed by atoms with van der Waals surface area (Å²) in [5.74, 6) is 0. The van der Waals surface area contributed by atoms with Gasteiger partial charge >= 0.3 is 6.09 Å². The Balaban J connectivity index is 2.28. The molecule has 0 aromatic rings. The molecular weight excluding hydrogens is 146 g/mol. The monoisotopic (exact) mass is 159 g/mol. The van der Waals surface area contributed by atoms with E-state index < -0.39 is 12.4 Å². The zero-order chi connectivity index (χ0) is 8.27.